The molecule has 0 radical (unpaired) electrons. The molecule has 1 aliphatic rings. The highest BCUT2D eigenvalue weighted by molar-refractivity contribution is 6.46. The molecule has 1 amide bonds. The van der Waals surface area contributed by atoms with E-state index in [1.54, 1.807) is 80.9 Å². The maximum Gasteiger partial charge on any atom is 0.337 e. The number of carbonyl (C=O) groups is 3. The Morgan fingerprint density at radius 3 is 2.10 bits per heavy atom. The number of esters is 1. The quantitative estimate of drug-likeness (QED) is 0.184. The number of nitrogens with zero attached hydrogens (tertiary/aromatic N) is 1. The van der Waals surface area contributed by atoms with Crippen LogP contribution in [0.2, 0.25) is 0 Å². The van der Waals surface area contributed by atoms with Gasteiger partial charge in [0.05, 0.1) is 38.5 Å². The van der Waals surface area contributed by atoms with E-state index in [1.165, 1.54) is 12.0 Å². The standard InChI is InChI=1S/C31H31NO7/c1-18(2)24-16-22(12-15-25(24)38-4)28(33)26-27(20-10-13-23(37-3)14-11-20)32(30(35)29(26)34)17-19-6-8-21(9-7-19)31(36)39-5/h6-16,18,27,33H,17H2,1-5H3/b28-26-. The van der Waals surface area contributed by atoms with Crippen molar-refractivity contribution < 1.29 is 33.7 Å². The molecule has 0 aliphatic carbocycles. The van der Waals surface area contributed by atoms with Crippen LogP contribution in [0.3, 0.4) is 0 Å². The predicted molar refractivity (Wildman–Crippen MR) is 146 cm³/mol. The van der Waals surface area contributed by atoms with Gasteiger partial charge in [-0.3, -0.25) is 9.59 Å². The molecule has 1 unspecified atom stereocenters. The van der Waals surface area contributed by atoms with Crippen molar-refractivity contribution in [3.8, 4) is 11.5 Å². The van der Waals surface area contributed by atoms with E-state index in [1.807, 2.05) is 13.8 Å². The van der Waals surface area contributed by atoms with E-state index < -0.39 is 23.7 Å². The van der Waals surface area contributed by atoms with Gasteiger partial charge < -0.3 is 24.2 Å². The summed E-state index contributed by atoms with van der Waals surface area (Å²) in [4.78, 5) is 40.1. The van der Waals surface area contributed by atoms with E-state index >= 15 is 0 Å². The third kappa shape index (κ3) is 5.36. The van der Waals surface area contributed by atoms with Crippen LogP contribution in [-0.4, -0.2) is 49.0 Å². The van der Waals surface area contributed by atoms with Crippen LogP contribution in [0.5, 0.6) is 11.5 Å². The molecule has 4 rings (SSSR count). The first-order valence-corrected chi connectivity index (χ1v) is 12.5. The Bertz CT molecular complexity index is 1420. The van der Waals surface area contributed by atoms with Crippen molar-refractivity contribution in [2.45, 2.75) is 32.4 Å². The molecule has 39 heavy (non-hydrogen) atoms. The lowest BCUT2D eigenvalue weighted by atomic mass is 9.93. The molecule has 1 N–H and O–H groups in total. The maximum atomic E-state index is 13.4. The second-order valence-electron chi connectivity index (χ2n) is 9.50. The van der Waals surface area contributed by atoms with Gasteiger partial charge in [0.15, 0.2) is 0 Å². The van der Waals surface area contributed by atoms with Crippen molar-refractivity contribution in [3.05, 3.63) is 100 Å². The van der Waals surface area contributed by atoms with Crippen molar-refractivity contribution in [1.29, 1.82) is 0 Å². The first-order valence-electron chi connectivity index (χ1n) is 12.5. The number of methoxy groups -OCH3 is 3. The highest BCUT2D eigenvalue weighted by atomic mass is 16.5. The van der Waals surface area contributed by atoms with Crippen LogP contribution < -0.4 is 9.47 Å². The number of Topliss-reactive ketones (excluding diaryl/α,β-unsaturated/α-hetero) is 1. The number of ether oxygens (including phenoxy) is 3. The fourth-order valence-electron chi connectivity index (χ4n) is 4.72. The van der Waals surface area contributed by atoms with Crippen LogP contribution >= 0.6 is 0 Å². The second-order valence-corrected chi connectivity index (χ2v) is 9.50. The summed E-state index contributed by atoms with van der Waals surface area (Å²) in [5, 5.41) is 11.5. The zero-order valence-electron chi connectivity index (χ0n) is 22.6. The molecule has 3 aromatic carbocycles. The molecule has 0 bridgehead atoms. The van der Waals surface area contributed by atoms with Crippen molar-refractivity contribution in [2.24, 2.45) is 0 Å². The molecule has 8 heteroatoms. The van der Waals surface area contributed by atoms with Gasteiger partial charge in [0.25, 0.3) is 11.7 Å². The maximum absolute atomic E-state index is 13.4. The smallest absolute Gasteiger partial charge is 0.337 e. The fourth-order valence-corrected chi connectivity index (χ4v) is 4.72. The van der Waals surface area contributed by atoms with Gasteiger partial charge >= 0.3 is 5.97 Å². The summed E-state index contributed by atoms with van der Waals surface area (Å²) in [6, 6.07) is 18.0. The second kappa shape index (κ2) is 11.4. The van der Waals surface area contributed by atoms with Gasteiger partial charge in [-0.15, -0.1) is 0 Å². The minimum Gasteiger partial charge on any atom is -0.507 e. The Kier molecular flexibility index (Phi) is 8.04. The summed E-state index contributed by atoms with van der Waals surface area (Å²) in [6.07, 6.45) is 0. The zero-order valence-corrected chi connectivity index (χ0v) is 22.6. The van der Waals surface area contributed by atoms with E-state index in [9.17, 15) is 19.5 Å². The predicted octanol–water partition coefficient (Wildman–Crippen LogP) is 5.24. The highest BCUT2D eigenvalue weighted by Gasteiger charge is 2.46. The number of aliphatic hydroxyl groups is 1. The van der Waals surface area contributed by atoms with Crippen LogP contribution in [0.15, 0.2) is 72.3 Å². The van der Waals surface area contributed by atoms with Crippen LogP contribution in [0.1, 0.15) is 58.4 Å². The monoisotopic (exact) mass is 529 g/mol. The number of aliphatic hydroxyl groups excluding tert-OH is 1. The third-order valence-electron chi connectivity index (χ3n) is 6.82. The molecule has 202 valence electrons. The van der Waals surface area contributed by atoms with Crippen molar-refractivity contribution in [3.63, 3.8) is 0 Å². The number of hydrogen-bond donors (Lipinski definition) is 1. The highest BCUT2D eigenvalue weighted by Crippen LogP contribution is 2.41. The normalized spacial score (nSPS) is 16.5. The molecule has 3 aromatic rings. The lowest BCUT2D eigenvalue weighted by Crippen LogP contribution is -2.29. The summed E-state index contributed by atoms with van der Waals surface area (Å²) >= 11 is 0. The van der Waals surface area contributed by atoms with Gasteiger partial charge in [-0.2, -0.15) is 0 Å². The van der Waals surface area contributed by atoms with Crippen LogP contribution in [0, 0.1) is 0 Å². The van der Waals surface area contributed by atoms with E-state index in [0.717, 1.165) is 5.56 Å². The van der Waals surface area contributed by atoms with E-state index in [2.05, 4.69) is 0 Å². The Morgan fingerprint density at radius 2 is 1.54 bits per heavy atom. The number of rotatable bonds is 8. The lowest BCUT2D eigenvalue weighted by molar-refractivity contribution is -0.140. The number of amides is 1. The minimum absolute atomic E-state index is 0.00350. The first-order chi connectivity index (χ1) is 18.7. The van der Waals surface area contributed by atoms with Crippen molar-refractivity contribution in [2.75, 3.05) is 21.3 Å². The summed E-state index contributed by atoms with van der Waals surface area (Å²) in [6.45, 7) is 4.09. The molecular formula is C31H31NO7. The largest absolute Gasteiger partial charge is 0.507 e. The van der Waals surface area contributed by atoms with Crippen LogP contribution in [0.25, 0.3) is 5.76 Å². The number of hydrogen-bond acceptors (Lipinski definition) is 7. The lowest BCUT2D eigenvalue weighted by Gasteiger charge is -2.26. The molecule has 1 saturated heterocycles. The minimum atomic E-state index is -0.846. The molecule has 0 aromatic heterocycles. The molecule has 0 spiro atoms. The Morgan fingerprint density at radius 1 is 0.897 bits per heavy atom. The summed E-state index contributed by atoms with van der Waals surface area (Å²) in [5.74, 6) is -0.855. The summed E-state index contributed by atoms with van der Waals surface area (Å²) < 4.78 is 15.5. The van der Waals surface area contributed by atoms with Gasteiger partial charge in [-0.25, -0.2) is 4.79 Å². The molecule has 1 heterocycles. The van der Waals surface area contributed by atoms with Crippen LogP contribution in [-0.2, 0) is 20.9 Å². The van der Waals surface area contributed by atoms with Crippen molar-refractivity contribution >= 4 is 23.4 Å². The SMILES string of the molecule is COC(=O)c1ccc(CN2C(=O)C(=O)/C(=C(\O)c3ccc(OC)c(C(C)C)c3)C2c2ccc(OC)cc2)cc1. The molecular weight excluding hydrogens is 498 g/mol. The molecule has 1 atom stereocenters. The van der Waals surface area contributed by atoms with Gasteiger partial charge in [0.2, 0.25) is 0 Å². The van der Waals surface area contributed by atoms with Gasteiger partial charge in [-0.05, 0) is 65.1 Å². The number of ketones is 1. The Balaban J connectivity index is 1.83. The first kappa shape index (κ1) is 27.4. The topological polar surface area (TPSA) is 102 Å². The van der Waals surface area contributed by atoms with Crippen molar-refractivity contribution in [1.82, 2.24) is 4.90 Å². The summed E-state index contributed by atoms with van der Waals surface area (Å²) in [5.41, 5.74) is 2.99. The van der Waals surface area contributed by atoms with Crippen LogP contribution in [0.4, 0.5) is 0 Å². The van der Waals surface area contributed by atoms with E-state index in [-0.39, 0.29) is 23.8 Å². The molecule has 1 fully saturated rings. The van der Waals surface area contributed by atoms with Gasteiger partial charge in [-0.1, -0.05) is 38.1 Å². The molecule has 1 aliphatic heterocycles. The fraction of sp³-hybridized carbons (Fsp3) is 0.258. The van der Waals surface area contributed by atoms with E-state index in [4.69, 9.17) is 14.2 Å². The molecule has 8 nitrogen and oxygen atoms in total. The van der Waals surface area contributed by atoms with Gasteiger partial charge in [0, 0.05) is 12.1 Å². The third-order valence-corrected chi connectivity index (χ3v) is 6.82. The summed E-state index contributed by atoms with van der Waals surface area (Å²) in [7, 11) is 4.43. The molecule has 0 saturated carbocycles. The Hall–Kier alpha value is -4.59. The zero-order chi connectivity index (χ0) is 28.3. The van der Waals surface area contributed by atoms with E-state index in [0.29, 0.717) is 33.8 Å². The average Bonchev–Trinajstić information content (AvgIpc) is 3.21. The Labute approximate surface area is 227 Å². The number of likely N-dealkylation sites (tertiary alicyclic amines) is 1. The number of carbonyl (C=O) groups excluding carboxylic acids is 3. The number of benzene rings is 3. The average molecular weight is 530 g/mol. The van der Waals surface area contributed by atoms with Gasteiger partial charge in [0.1, 0.15) is 17.3 Å².